The van der Waals surface area contributed by atoms with E-state index < -0.39 is 0 Å². The molecule has 5 heteroatoms. The number of nitrogens with zero attached hydrogens (tertiary/aromatic N) is 1. The molecule has 0 fully saturated rings. The Labute approximate surface area is 132 Å². The summed E-state index contributed by atoms with van der Waals surface area (Å²) < 4.78 is 5.65. The first-order valence-corrected chi connectivity index (χ1v) is 7.86. The standard InChI is InChI=1S/C17H16N2O2S/c1-11-5-3-6-13(9-11)18-16(20)10-14-12(2)21-17(19-14)15-7-4-8-22-15/h3-9H,10H2,1-2H3,(H,18,20). The van der Waals surface area contributed by atoms with E-state index in [-0.39, 0.29) is 12.3 Å². The molecule has 4 nitrogen and oxygen atoms in total. The van der Waals surface area contributed by atoms with Crippen molar-refractivity contribution in [2.45, 2.75) is 20.3 Å². The second-order valence-electron chi connectivity index (χ2n) is 5.09. The predicted octanol–water partition coefficient (Wildman–Crippen LogP) is 4.20. The average molecular weight is 312 g/mol. The molecular formula is C17H16N2O2S. The predicted molar refractivity (Wildman–Crippen MR) is 88.1 cm³/mol. The number of thiophene rings is 1. The van der Waals surface area contributed by atoms with Crippen molar-refractivity contribution in [2.75, 3.05) is 5.32 Å². The van der Waals surface area contributed by atoms with Gasteiger partial charge >= 0.3 is 0 Å². The molecule has 22 heavy (non-hydrogen) atoms. The second kappa shape index (κ2) is 6.15. The average Bonchev–Trinajstić information content (AvgIpc) is 3.09. The summed E-state index contributed by atoms with van der Waals surface area (Å²) in [4.78, 5) is 17.6. The van der Waals surface area contributed by atoms with Crippen LogP contribution >= 0.6 is 11.3 Å². The Hall–Kier alpha value is -2.40. The maximum Gasteiger partial charge on any atom is 0.236 e. The summed E-state index contributed by atoms with van der Waals surface area (Å²) >= 11 is 1.56. The topological polar surface area (TPSA) is 55.1 Å². The lowest BCUT2D eigenvalue weighted by Gasteiger charge is -2.04. The third kappa shape index (κ3) is 3.26. The van der Waals surface area contributed by atoms with E-state index in [2.05, 4.69) is 10.3 Å². The maximum atomic E-state index is 12.2. The van der Waals surface area contributed by atoms with E-state index in [9.17, 15) is 4.79 Å². The summed E-state index contributed by atoms with van der Waals surface area (Å²) in [5.74, 6) is 1.16. The van der Waals surface area contributed by atoms with Crippen LogP contribution in [0.2, 0.25) is 0 Å². The molecule has 3 rings (SSSR count). The number of aryl methyl sites for hydroxylation is 2. The van der Waals surface area contributed by atoms with Crippen LogP contribution in [0.1, 0.15) is 17.0 Å². The van der Waals surface area contributed by atoms with Crippen LogP contribution in [0.4, 0.5) is 5.69 Å². The van der Waals surface area contributed by atoms with E-state index in [1.165, 1.54) is 0 Å². The lowest BCUT2D eigenvalue weighted by atomic mass is 10.2. The number of anilines is 1. The smallest absolute Gasteiger partial charge is 0.236 e. The number of carbonyl (C=O) groups is 1. The number of aromatic nitrogens is 1. The zero-order chi connectivity index (χ0) is 15.5. The quantitative estimate of drug-likeness (QED) is 0.785. The van der Waals surface area contributed by atoms with Crippen LogP contribution in [0.5, 0.6) is 0 Å². The molecule has 3 aromatic rings. The van der Waals surface area contributed by atoms with Crippen molar-refractivity contribution >= 4 is 22.9 Å². The van der Waals surface area contributed by atoms with E-state index >= 15 is 0 Å². The first kappa shape index (κ1) is 14.5. The van der Waals surface area contributed by atoms with Crippen molar-refractivity contribution in [1.82, 2.24) is 4.98 Å². The van der Waals surface area contributed by atoms with E-state index in [4.69, 9.17) is 4.42 Å². The molecule has 1 N–H and O–H groups in total. The normalized spacial score (nSPS) is 10.6. The summed E-state index contributed by atoms with van der Waals surface area (Å²) in [5, 5.41) is 4.86. The Morgan fingerprint density at radius 2 is 2.14 bits per heavy atom. The minimum absolute atomic E-state index is 0.0975. The van der Waals surface area contributed by atoms with Crippen molar-refractivity contribution in [2.24, 2.45) is 0 Å². The molecule has 0 aliphatic rings. The lowest BCUT2D eigenvalue weighted by Crippen LogP contribution is -2.15. The number of amides is 1. The van der Waals surface area contributed by atoms with Crippen LogP contribution in [0, 0.1) is 13.8 Å². The molecule has 1 amide bonds. The highest BCUT2D eigenvalue weighted by molar-refractivity contribution is 7.13. The third-order valence-electron chi connectivity index (χ3n) is 3.25. The highest BCUT2D eigenvalue weighted by atomic mass is 32.1. The fourth-order valence-corrected chi connectivity index (χ4v) is 2.83. The van der Waals surface area contributed by atoms with Crippen LogP contribution in [0.3, 0.4) is 0 Å². The highest BCUT2D eigenvalue weighted by Gasteiger charge is 2.15. The Balaban J connectivity index is 1.72. The monoisotopic (exact) mass is 312 g/mol. The van der Waals surface area contributed by atoms with Gasteiger partial charge in [-0.25, -0.2) is 4.98 Å². The minimum atomic E-state index is -0.0975. The van der Waals surface area contributed by atoms with E-state index in [0.29, 0.717) is 17.3 Å². The molecule has 0 unspecified atom stereocenters. The Morgan fingerprint density at radius 3 is 2.86 bits per heavy atom. The molecule has 2 aromatic heterocycles. The molecular weight excluding hydrogens is 296 g/mol. The van der Waals surface area contributed by atoms with Gasteiger partial charge < -0.3 is 9.73 Å². The van der Waals surface area contributed by atoms with Gasteiger partial charge in [0, 0.05) is 5.69 Å². The fraction of sp³-hybridized carbons (Fsp3) is 0.176. The number of benzene rings is 1. The molecule has 2 heterocycles. The molecule has 0 bridgehead atoms. The Kier molecular flexibility index (Phi) is 4.06. The van der Waals surface area contributed by atoms with Gasteiger partial charge in [0.15, 0.2) is 0 Å². The molecule has 1 aromatic carbocycles. The number of rotatable bonds is 4. The number of hydrogen-bond donors (Lipinski definition) is 1. The molecule has 0 radical (unpaired) electrons. The summed E-state index contributed by atoms with van der Waals surface area (Å²) in [6, 6.07) is 11.6. The summed E-state index contributed by atoms with van der Waals surface area (Å²) in [6.07, 6.45) is 0.203. The lowest BCUT2D eigenvalue weighted by molar-refractivity contribution is -0.115. The summed E-state index contributed by atoms with van der Waals surface area (Å²) in [6.45, 7) is 3.82. The fourth-order valence-electron chi connectivity index (χ4n) is 2.18. The molecule has 0 aliphatic carbocycles. The van der Waals surface area contributed by atoms with Crippen molar-refractivity contribution < 1.29 is 9.21 Å². The SMILES string of the molecule is Cc1cccc(NC(=O)Cc2nc(-c3cccs3)oc2C)c1. The van der Waals surface area contributed by atoms with Gasteiger partial charge in [0.2, 0.25) is 11.8 Å². The van der Waals surface area contributed by atoms with Gasteiger partial charge in [-0.05, 0) is 43.0 Å². The van der Waals surface area contributed by atoms with Gasteiger partial charge in [-0.15, -0.1) is 11.3 Å². The highest BCUT2D eigenvalue weighted by Crippen LogP contribution is 2.26. The molecule has 0 saturated carbocycles. The van der Waals surface area contributed by atoms with Crippen LogP contribution in [-0.4, -0.2) is 10.9 Å². The largest absolute Gasteiger partial charge is 0.440 e. The minimum Gasteiger partial charge on any atom is -0.440 e. The van der Waals surface area contributed by atoms with Gasteiger partial charge in [0.05, 0.1) is 17.0 Å². The Bertz CT molecular complexity index is 791. The first-order chi connectivity index (χ1) is 10.6. The van der Waals surface area contributed by atoms with Crippen molar-refractivity contribution in [3.63, 3.8) is 0 Å². The number of oxazole rings is 1. The van der Waals surface area contributed by atoms with Gasteiger partial charge in [-0.1, -0.05) is 18.2 Å². The molecule has 0 spiro atoms. The maximum absolute atomic E-state index is 12.2. The second-order valence-corrected chi connectivity index (χ2v) is 6.04. The molecule has 0 saturated heterocycles. The number of carbonyl (C=O) groups excluding carboxylic acids is 1. The molecule has 0 atom stereocenters. The van der Waals surface area contributed by atoms with E-state index in [0.717, 1.165) is 16.1 Å². The van der Waals surface area contributed by atoms with Crippen LogP contribution in [0.15, 0.2) is 46.2 Å². The molecule has 0 aliphatic heterocycles. The first-order valence-electron chi connectivity index (χ1n) is 6.98. The van der Waals surface area contributed by atoms with E-state index in [1.807, 2.05) is 55.6 Å². The Morgan fingerprint density at radius 1 is 1.27 bits per heavy atom. The zero-order valence-electron chi connectivity index (χ0n) is 12.4. The van der Waals surface area contributed by atoms with Crippen LogP contribution in [-0.2, 0) is 11.2 Å². The van der Waals surface area contributed by atoms with Gasteiger partial charge in [-0.2, -0.15) is 0 Å². The van der Waals surface area contributed by atoms with Crippen molar-refractivity contribution in [3.8, 4) is 10.8 Å². The van der Waals surface area contributed by atoms with Gasteiger partial charge in [-0.3, -0.25) is 4.79 Å². The number of nitrogens with one attached hydrogen (secondary N) is 1. The van der Waals surface area contributed by atoms with Crippen molar-refractivity contribution in [1.29, 1.82) is 0 Å². The molecule has 112 valence electrons. The summed E-state index contributed by atoms with van der Waals surface area (Å²) in [5.41, 5.74) is 2.58. The van der Waals surface area contributed by atoms with Gasteiger partial charge in [0.1, 0.15) is 5.76 Å². The van der Waals surface area contributed by atoms with Crippen molar-refractivity contribution in [3.05, 3.63) is 58.8 Å². The van der Waals surface area contributed by atoms with Gasteiger partial charge in [0.25, 0.3) is 0 Å². The summed E-state index contributed by atoms with van der Waals surface area (Å²) in [7, 11) is 0. The van der Waals surface area contributed by atoms with Crippen LogP contribution in [0.25, 0.3) is 10.8 Å². The third-order valence-corrected chi connectivity index (χ3v) is 4.11. The van der Waals surface area contributed by atoms with E-state index in [1.54, 1.807) is 11.3 Å². The van der Waals surface area contributed by atoms with Crippen LogP contribution < -0.4 is 5.32 Å². The number of hydrogen-bond acceptors (Lipinski definition) is 4. The zero-order valence-corrected chi connectivity index (χ0v) is 13.2.